The molecule has 0 radical (unpaired) electrons. The molecule has 3 aromatic rings. The number of halogens is 1. The lowest BCUT2D eigenvalue weighted by molar-refractivity contribution is 0.0962. The highest BCUT2D eigenvalue weighted by Crippen LogP contribution is 2.35. The summed E-state index contributed by atoms with van der Waals surface area (Å²) in [6.45, 7) is 3.70. The maximum atomic E-state index is 14.1. The highest BCUT2D eigenvalue weighted by molar-refractivity contribution is 6.03. The molecule has 1 aromatic heterocycles. The van der Waals surface area contributed by atoms with Gasteiger partial charge in [-0.3, -0.25) is 4.79 Å². The third-order valence-electron chi connectivity index (χ3n) is 5.75. The summed E-state index contributed by atoms with van der Waals surface area (Å²) in [5.74, 6) is -0.533. The van der Waals surface area contributed by atoms with E-state index in [2.05, 4.69) is 32.7 Å². The number of aromatic nitrogens is 1. The van der Waals surface area contributed by atoms with Gasteiger partial charge in [0.1, 0.15) is 11.6 Å². The van der Waals surface area contributed by atoms with Crippen LogP contribution in [-0.2, 0) is 4.74 Å². The first-order chi connectivity index (χ1) is 15.2. The molecule has 2 N–H and O–H groups in total. The van der Waals surface area contributed by atoms with E-state index in [0.717, 1.165) is 43.2 Å². The molecule has 0 saturated carbocycles. The number of nitrogens with zero attached hydrogens (tertiary/aromatic N) is 2. The van der Waals surface area contributed by atoms with E-state index in [1.54, 1.807) is 18.3 Å². The molecular formula is C24H23FN4O2. The highest BCUT2D eigenvalue weighted by atomic mass is 19.1. The predicted molar refractivity (Wildman–Crippen MR) is 119 cm³/mol. The number of fused-ring (bicyclic) bond motifs is 1. The van der Waals surface area contributed by atoms with Gasteiger partial charge in [0.2, 0.25) is 0 Å². The van der Waals surface area contributed by atoms with E-state index in [4.69, 9.17) is 4.74 Å². The minimum atomic E-state index is -0.497. The van der Waals surface area contributed by atoms with Crippen molar-refractivity contribution in [1.29, 1.82) is 0 Å². The lowest BCUT2D eigenvalue weighted by atomic mass is 9.93. The van der Waals surface area contributed by atoms with Gasteiger partial charge in [0, 0.05) is 36.6 Å². The maximum Gasteiger partial charge on any atom is 0.175 e. The molecule has 6 nitrogen and oxygen atoms in total. The van der Waals surface area contributed by atoms with Gasteiger partial charge in [-0.15, -0.1) is 0 Å². The van der Waals surface area contributed by atoms with Gasteiger partial charge in [-0.1, -0.05) is 12.1 Å². The second-order valence-corrected chi connectivity index (χ2v) is 7.71. The average molecular weight is 418 g/mol. The quantitative estimate of drug-likeness (QED) is 0.606. The molecule has 158 valence electrons. The summed E-state index contributed by atoms with van der Waals surface area (Å²) in [5, 5.41) is 6.51. The van der Waals surface area contributed by atoms with E-state index < -0.39 is 11.7 Å². The number of ether oxygens (including phenoxy) is 1. The van der Waals surface area contributed by atoms with Crippen molar-refractivity contribution in [3.8, 4) is 0 Å². The van der Waals surface area contributed by atoms with E-state index in [0.29, 0.717) is 12.4 Å². The predicted octanol–water partition coefficient (Wildman–Crippen LogP) is 4.19. The number of hydrogen-bond acceptors (Lipinski definition) is 6. The summed E-state index contributed by atoms with van der Waals surface area (Å²) in [4.78, 5) is 19.7. The Bertz CT molecular complexity index is 1100. The van der Waals surface area contributed by atoms with Gasteiger partial charge in [-0.25, -0.2) is 9.37 Å². The lowest BCUT2D eigenvalue weighted by Crippen LogP contribution is -2.36. The Kier molecular flexibility index (Phi) is 5.26. The molecule has 0 aliphatic carbocycles. The number of morpholine rings is 1. The topological polar surface area (TPSA) is 66.5 Å². The molecule has 2 aromatic carbocycles. The molecule has 2 aliphatic heterocycles. The second-order valence-electron chi connectivity index (χ2n) is 7.71. The summed E-state index contributed by atoms with van der Waals surface area (Å²) >= 11 is 0. The lowest BCUT2D eigenvalue weighted by Gasteiger charge is -2.28. The number of nitrogens with one attached hydrogen (secondary N) is 2. The molecule has 1 unspecified atom stereocenters. The molecule has 31 heavy (non-hydrogen) atoms. The zero-order valence-corrected chi connectivity index (χ0v) is 17.0. The molecule has 1 atom stereocenters. The monoisotopic (exact) mass is 418 g/mol. The Hall–Kier alpha value is -3.45. The van der Waals surface area contributed by atoms with Gasteiger partial charge in [-0.05, 0) is 42.5 Å². The van der Waals surface area contributed by atoms with E-state index >= 15 is 0 Å². The summed E-state index contributed by atoms with van der Waals surface area (Å²) < 4.78 is 19.5. The molecule has 7 heteroatoms. The van der Waals surface area contributed by atoms with Crippen molar-refractivity contribution in [2.75, 3.05) is 48.4 Å². The number of pyridine rings is 1. The van der Waals surface area contributed by atoms with Crippen molar-refractivity contribution in [2.24, 2.45) is 0 Å². The number of rotatable bonds is 5. The highest BCUT2D eigenvalue weighted by Gasteiger charge is 2.31. The summed E-state index contributed by atoms with van der Waals surface area (Å²) in [6.07, 6.45) is 1.73. The van der Waals surface area contributed by atoms with Gasteiger partial charge in [-0.2, -0.15) is 0 Å². The van der Waals surface area contributed by atoms with Crippen LogP contribution in [0, 0.1) is 5.82 Å². The fourth-order valence-corrected chi connectivity index (χ4v) is 4.10. The van der Waals surface area contributed by atoms with Gasteiger partial charge >= 0.3 is 0 Å². The summed E-state index contributed by atoms with van der Waals surface area (Å²) in [7, 11) is 0. The van der Waals surface area contributed by atoms with E-state index in [1.165, 1.54) is 17.8 Å². The van der Waals surface area contributed by atoms with Crippen molar-refractivity contribution in [3.05, 3.63) is 77.7 Å². The van der Waals surface area contributed by atoms with Crippen LogP contribution in [0.2, 0.25) is 0 Å². The van der Waals surface area contributed by atoms with E-state index in [1.807, 2.05) is 18.2 Å². The number of carbonyl (C=O) groups is 1. The van der Waals surface area contributed by atoms with E-state index in [9.17, 15) is 9.18 Å². The molecule has 5 rings (SSSR count). The number of anilines is 4. The Morgan fingerprint density at radius 2 is 1.87 bits per heavy atom. The molecule has 0 bridgehead atoms. The van der Waals surface area contributed by atoms with Crippen LogP contribution >= 0.6 is 0 Å². The standard InChI is InChI=1S/C24H23FN4O2/c25-22-4-2-1-3-19(22)23(30)21-15-27-24-20(21)13-17(14-26-24)28-16-5-7-18(8-6-16)29-9-11-31-12-10-29/h1-8,13-14,21,28H,9-12,15H2,(H,26,27). The Balaban J connectivity index is 1.34. The fourth-order valence-electron chi connectivity index (χ4n) is 4.10. The SMILES string of the molecule is O=C(c1ccccc1F)C1CNc2ncc(Nc3ccc(N4CCOCC4)cc3)cc21. The van der Waals surface area contributed by atoms with Gasteiger partial charge < -0.3 is 20.3 Å². The smallest absolute Gasteiger partial charge is 0.175 e. The van der Waals surface area contributed by atoms with Crippen LogP contribution in [-0.4, -0.2) is 43.6 Å². The van der Waals surface area contributed by atoms with Crippen LogP contribution in [0.15, 0.2) is 60.8 Å². The number of hydrogen-bond donors (Lipinski definition) is 2. The number of Topliss-reactive ketones (excluding diaryl/α,β-unsaturated/α-hetero) is 1. The average Bonchev–Trinajstić information content (AvgIpc) is 3.23. The zero-order valence-electron chi connectivity index (χ0n) is 17.0. The van der Waals surface area contributed by atoms with Crippen LogP contribution in [0.4, 0.5) is 27.3 Å². The Labute approximate surface area is 180 Å². The molecule has 2 aliphatic rings. The minimum absolute atomic E-state index is 0.110. The third kappa shape index (κ3) is 3.96. The Morgan fingerprint density at radius 3 is 2.65 bits per heavy atom. The molecule has 1 fully saturated rings. The first-order valence-corrected chi connectivity index (χ1v) is 10.4. The summed E-state index contributed by atoms with van der Waals surface area (Å²) in [6, 6.07) is 16.2. The van der Waals surface area contributed by atoms with Crippen LogP contribution in [0.3, 0.4) is 0 Å². The largest absolute Gasteiger partial charge is 0.378 e. The minimum Gasteiger partial charge on any atom is -0.378 e. The van der Waals surface area contributed by atoms with Crippen molar-refractivity contribution in [3.63, 3.8) is 0 Å². The van der Waals surface area contributed by atoms with Crippen LogP contribution in [0.25, 0.3) is 0 Å². The molecule has 3 heterocycles. The third-order valence-corrected chi connectivity index (χ3v) is 5.75. The number of benzene rings is 2. The maximum absolute atomic E-state index is 14.1. The van der Waals surface area contributed by atoms with Crippen LogP contribution < -0.4 is 15.5 Å². The number of ketones is 1. The first-order valence-electron chi connectivity index (χ1n) is 10.4. The van der Waals surface area contributed by atoms with Crippen LogP contribution in [0.5, 0.6) is 0 Å². The first kappa shape index (κ1) is 19.5. The van der Waals surface area contributed by atoms with Gasteiger partial charge in [0.25, 0.3) is 0 Å². The fraction of sp³-hybridized carbons (Fsp3) is 0.250. The molecule has 0 spiro atoms. The van der Waals surface area contributed by atoms with Crippen molar-refractivity contribution in [2.45, 2.75) is 5.92 Å². The van der Waals surface area contributed by atoms with Gasteiger partial charge in [0.05, 0.1) is 36.6 Å². The van der Waals surface area contributed by atoms with Crippen molar-refractivity contribution >= 4 is 28.7 Å². The van der Waals surface area contributed by atoms with E-state index in [-0.39, 0.29) is 11.3 Å². The Morgan fingerprint density at radius 1 is 1.10 bits per heavy atom. The molecular weight excluding hydrogens is 395 g/mol. The zero-order chi connectivity index (χ0) is 21.2. The normalized spacial score (nSPS) is 17.7. The van der Waals surface area contributed by atoms with Crippen molar-refractivity contribution in [1.82, 2.24) is 4.98 Å². The summed E-state index contributed by atoms with van der Waals surface area (Å²) in [5.41, 5.74) is 3.78. The van der Waals surface area contributed by atoms with Crippen molar-refractivity contribution < 1.29 is 13.9 Å². The van der Waals surface area contributed by atoms with Crippen LogP contribution in [0.1, 0.15) is 21.8 Å². The van der Waals surface area contributed by atoms with Gasteiger partial charge in [0.15, 0.2) is 5.78 Å². The molecule has 1 saturated heterocycles. The number of carbonyl (C=O) groups excluding carboxylic acids is 1. The second kappa shape index (κ2) is 8.35. The molecule has 0 amide bonds.